The van der Waals surface area contributed by atoms with Crippen molar-refractivity contribution in [1.29, 1.82) is 0 Å². The first-order chi connectivity index (χ1) is 6.48. The molecule has 0 atom stereocenters. The zero-order valence-electron chi connectivity index (χ0n) is 6.84. The number of hydrogen-bond acceptors (Lipinski definition) is 1. The van der Waals surface area contributed by atoms with E-state index in [1.807, 2.05) is 0 Å². The molecule has 1 N–H and O–H groups in total. The van der Waals surface area contributed by atoms with Gasteiger partial charge in [-0.3, -0.25) is 0 Å². The lowest BCUT2D eigenvalue weighted by Crippen LogP contribution is -2.07. The summed E-state index contributed by atoms with van der Waals surface area (Å²) in [5, 5.41) is 0. The second-order valence-electron chi connectivity index (χ2n) is 2.78. The molecule has 3 nitrogen and oxygen atoms in total. The highest BCUT2D eigenvalue weighted by Gasteiger charge is 2.32. The van der Waals surface area contributed by atoms with Crippen molar-refractivity contribution in [2.75, 3.05) is 0 Å². The number of halogens is 3. The molecule has 0 spiro atoms. The first-order valence-corrected chi connectivity index (χ1v) is 3.75. The van der Waals surface area contributed by atoms with E-state index in [4.69, 9.17) is 5.84 Å². The highest BCUT2D eigenvalue weighted by Crippen LogP contribution is 2.28. The highest BCUT2D eigenvalue weighted by molar-refractivity contribution is 5.76. The van der Waals surface area contributed by atoms with Gasteiger partial charge in [-0.2, -0.15) is 13.2 Å². The third-order valence-electron chi connectivity index (χ3n) is 1.83. The van der Waals surface area contributed by atoms with Crippen molar-refractivity contribution >= 4 is 11.0 Å². The van der Waals surface area contributed by atoms with E-state index < -0.39 is 11.9 Å². The minimum atomic E-state index is -4.43. The number of pyridine rings is 1. The van der Waals surface area contributed by atoms with E-state index in [2.05, 4.69) is 4.98 Å². The van der Waals surface area contributed by atoms with Gasteiger partial charge in [-0.1, -0.05) is 0 Å². The van der Waals surface area contributed by atoms with Crippen LogP contribution >= 0.6 is 0 Å². The second kappa shape index (κ2) is 2.63. The van der Waals surface area contributed by atoms with Gasteiger partial charge in [-0.25, -0.2) is 4.98 Å². The van der Waals surface area contributed by atoms with Crippen LogP contribution in [0.1, 0.15) is 5.69 Å². The molecule has 6 heteroatoms. The van der Waals surface area contributed by atoms with E-state index in [1.54, 1.807) is 0 Å². The van der Waals surface area contributed by atoms with Crippen LogP contribution < -0.4 is 0 Å². The SMILES string of the molecule is [NH-]n1ccc2nc(C(F)(F)F)ccc21. The molecule has 2 aromatic rings. The van der Waals surface area contributed by atoms with Gasteiger partial charge in [-0.05, 0) is 24.4 Å². The maximum absolute atomic E-state index is 12.2. The van der Waals surface area contributed by atoms with Crippen LogP contribution in [0.15, 0.2) is 24.4 Å². The molecule has 0 unspecified atom stereocenters. The van der Waals surface area contributed by atoms with Crippen molar-refractivity contribution in [3.63, 3.8) is 0 Å². The van der Waals surface area contributed by atoms with E-state index in [9.17, 15) is 13.2 Å². The molecule has 14 heavy (non-hydrogen) atoms. The molecule has 2 aromatic heterocycles. The number of nitrogens with one attached hydrogen (secondary N) is 1. The van der Waals surface area contributed by atoms with Crippen LogP contribution in [0.4, 0.5) is 13.2 Å². The number of nitrogens with zero attached hydrogens (tertiary/aromatic N) is 2. The lowest BCUT2D eigenvalue weighted by molar-refractivity contribution is -0.140. The van der Waals surface area contributed by atoms with Crippen LogP contribution in [0.5, 0.6) is 0 Å². The topological polar surface area (TPSA) is 41.6 Å². The summed E-state index contributed by atoms with van der Waals surface area (Å²) in [6.07, 6.45) is -3.09. The molecule has 0 aliphatic rings. The van der Waals surface area contributed by atoms with Crippen molar-refractivity contribution in [1.82, 2.24) is 9.66 Å². The molecule has 0 radical (unpaired) electrons. The molecule has 2 rings (SSSR count). The minimum Gasteiger partial charge on any atom is -0.631 e. The average Bonchev–Trinajstić information content (AvgIpc) is 2.46. The molecule has 0 aliphatic carbocycles. The summed E-state index contributed by atoms with van der Waals surface area (Å²) in [5.41, 5.74) is -0.399. The van der Waals surface area contributed by atoms with Crippen molar-refractivity contribution in [2.24, 2.45) is 0 Å². The molecule has 0 saturated heterocycles. The Hall–Kier alpha value is -1.72. The Balaban J connectivity index is 2.63. The Morgan fingerprint density at radius 1 is 1.21 bits per heavy atom. The van der Waals surface area contributed by atoms with Crippen molar-refractivity contribution in [3.05, 3.63) is 35.9 Å². The molecular formula is C8H5F3N3-. The summed E-state index contributed by atoms with van der Waals surface area (Å²) in [6, 6.07) is 3.48. The molecule has 0 bridgehead atoms. The maximum Gasteiger partial charge on any atom is 0.433 e. The molecule has 0 amide bonds. The number of alkyl halides is 3. The Kier molecular flexibility index (Phi) is 1.67. The van der Waals surface area contributed by atoms with E-state index in [1.165, 1.54) is 18.3 Å². The van der Waals surface area contributed by atoms with E-state index in [0.717, 1.165) is 10.7 Å². The first-order valence-electron chi connectivity index (χ1n) is 3.75. The third-order valence-corrected chi connectivity index (χ3v) is 1.83. The molecule has 74 valence electrons. The molecular weight excluding hydrogens is 195 g/mol. The second-order valence-corrected chi connectivity index (χ2v) is 2.78. The van der Waals surface area contributed by atoms with Gasteiger partial charge >= 0.3 is 6.18 Å². The smallest absolute Gasteiger partial charge is 0.433 e. The number of fused-ring (bicyclic) bond motifs is 1. The van der Waals surface area contributed by atoms with Crippen LogP contribution in [-0.4, -0.2) is 9.66 Å². The Morgan fingerprint density at radius 3 is 2.57 bits per heavy atom. The van der Waals surface area contributed by atoms with Gasteiger partial charge in [-0.15, -0.1) is 0 Å². The predicted octanol–water partition coefficient (Wildman–Crippen LogP) is 2.87. The van der Waals surface area contributed by atoms with Crippen molar-refractivity contribution in [3.8, 4) is 0 Å². The van der Waals surface area contributed by atoms with E-state index in [0.29, 0.717) is 5.52 Å². The van der Waals surface area contributed by atoms with Gasteiger partial charge in [0.1, 0.15) is 5.69 Å². The van der Waals surface area contributed by atoms with Crippen LogP contribution in [0, 0.1) is 0 Å². The Bertz CT molecular complexity index is 472. The standard InChI is InChI=1S/C8H5F3N3/c9-8(10,11)7-2-1-6-5(13-7)3-4-14(6)12/h1-4,12H/q-1. The molecule has 0 saturated carbocycles. The number of hydrogen-bond donors (Lipinski definition) is 0. The fourth-order valence-corrected chi connectivity index (χ4v) is 1.18. The van der Waals surface area contributed by atoms with Crippen LogP contribution in [-0.2, 0) is 6.18 Å². The summed E-state index contributed by atoms with van der Waals surface area (Å²) >= 11 is 0. The van der Waals surface area contributed by atoms with Gasteiger partial charge in [0.25, 0.3) is 0 Å². The summed E-state index contributed by atoms with van der Waals surface area (Å²) < 4.78 is 37.6. The lowest BCUT2D eigenvalue weighted by atomic mass is 10.3. The lowest BCUT2D eigenvalue weighted by Gasteiger charge is -2.07. The summed E-state index contributed by atoms with van der Waals surface area (Å²) in [6.45, 7) is 0. The Morgan fingerprint density at radius 2 is 1.93 bits per heavy atom. The van der Waals surface area contributed by atoms with Crippen molar-refractivity contribution < 1.29 is 13.2 Å². The van der Waals surface area contributed by atoms with Crippen LogP contribution in [0.25, 0.3) is 16.9 Å². The summed E-state index contributed by atoms with van der Waals surface area (Å²) in [4.78, 5) is 3.40. The van der Waals surface area contributed by atoms with Crippen LogP contribution in [0.2, 0.25) is 0 Å². The van der Waals surface area contributed by atoms with Gasteiger partial charge in [0, 0.05) is 0 Å². The first kappa shape index (κ1) is 8.86. The summed E-state index contributed by atoms with van der Waals surface area (Å²) in [5.74, 6) is 7.27. The Labute approximate surface area is 76.9 Å². The maximum atomic E-state index is 12.2. The zero-order chi connectivity index (χ0) is 10.3. The van der Waals surface area contributed by atoms with Gasteiger partial charge in [0.15, 0.2) is 0 Å². The predicted molar refractivity (Wildman–Crippen MR) is 44.5 cm³/mol. The van der Waals surface area contributed by atoms with Gasteiger partial charge in [0.05, 0.1) is 11.0 Å². The molecule has 0 aliphatic heterocycles. The van der Waals surface area contributed by atoms with Crippen LogP contribution in [0.3, 0.4) is 0 Å². The van der Waals surface area contributed by atoms with E-state index in [-0.39, 0.29) is 5.52 Å². The van der Waals surface area contributed by atoms with Gasteiger partial charge in [0.2, 0.25) is 0 Å². The normalized spacial score (nSPS) is 12.2. The minimum absolute atomic E-state index is 0.176. The van der Waals surface area contributed by atoms with Crippen molar-refractivity contribution in [2.45, 2.75) is 6.18 Å². The largest absolute Gasteiger partial charge is 0.631 e. The highest BCUT2D eigenvalue weighted by atomic mass is 19.4. The number of aromatic nitrogens is 2. The fraction of sp³-hybridized carbons (Fsp3) is 0.125. The molecule has 2 heterocycles. The van der Waals surface area contributed by atoms with E-state index >= 15 is 0 Å². The molecule has 0 aromatic carbocycles. The zero-order valence-corrected chi connectivity index (χ0v) is 6.84. The van der Waals surface area contributed by atoms with Gasteiger partial charge < -0.3 is 10.5 Å². The summed E-state index contributed by atoms with van der Waals surface area (Å²) in [7, 11) is 0. The fourth-order valence-electron chi connectivity index (χ4n) is 1.18. The monoisotopic (exact) mass is 200 g/mol. The number of rotatable bonds is 0. The molecule has 0 fully saturated rings. The quantitative estimate of drug-likeness (QED) is 0.644. The third kappa shape index (κ3) is 1.28. The average molecular weight is 200 g/mol.